The minimum Gasteiger partial charge on any atom is -0.508 e. The van der Waals surface area contributed by atoms with E-state index in [2.05, 4.69) is 75.9 Å². The van der Waals surface area contributed by atoms with Crippen LogP contribution in [0.2, 0.25) is 0 Å². The van der Waals surface area contributed by atoms with Gasteiger partial charge in [-0.15, -0.1) is 0 Å². The van der Waals surface area contributed by atoms with E-state index < -0.39 is 19.0 Å². The summed E-state index contributed by atoms with van der Waals surface area (Å²) in [5.41, 5.74) is 6.62. The van der Waals surface area contributed by atoms with Crippen molar-refractivity contribution >= 4 is 70.0 Å². The molecule has 0 aliphatic carbocycles. The summed E-state index contributed by atoms with van der Waals surface area (Å²) in [6.07, 6.45) is -5.18. The highest BCUT2D eigenvalue weighted by molar-refractivity contribution is 9.24. The van der Waals surface area contributed by atoms with Gasteiger partial charge in [-0.1, -0.05) is 117 Å². The second-order valence-electron chi connectivity index (χ2n) is 17.8. The number of methoxy groups -OCH3 is 6. The van der Waals surface area contributed by atoms with Crippen LogP contribution in [-0.4, -0.2) is 59.2 Å². The van der Waals surface area contributed by atoms with Crippen molar-refractivity contribution < 1.29 is 70.5 Å². The number of hydrogen-bond donors (Lipinski definition) is 2. The normalized spacial score (nSPS) is 15.5. The summed E-state index contributed by atoms with van der Waals surface area (Å²) in [5.74, 6) is 3.94. The predicted molar refractivity (Wildman–Crippen MR) is 316 cm³/mol. The molecule has 4 unspecified atom stereocenters. The second kappa shape index (κ2) is 28.7. The number of halogens is 8. The highest BCUT2D eigenvalue weighted by atomic mass is 79.9. The molecule has 424 valence electrons. The van der Waals surface area contributed by atoms with Gasteiger partial charge in [-0.3, -0.25) is 4.79 Å². The first-order chi connectivity index (χ1) is 39.0. The van der Waals surface area contributed by atoms with Gasteiger partial charge in [-0.05, 0) is 127 Å². The Morgan fingerprint density at radius 2 is 0.889 bits per heavy atom. The third-order valence-electron chi connectivity index (χ3n) is 13.0. The van der Waals surface area contributed by atoms with E-state index in [0.717, 1.165) is 51.2 Å². The van der Waals surface area contributed by atoms with E-state index in [0.29, 0.717) is 43.1 Å². The fraction of sp³-hybridized carbons (Fsp3) is 0.210. The van der Waals surface area contributed by atoms with Crippen LogP contribution >= 0.6 is 63.7 Å². The maximum Gasteiger partial charge on any atom is 0.267 e. The summed E-state index contributed by atoms with van der Waals surface area (Å²) in [7, 11) is 8.90. The largest absolute Gasteiger partial charge is 0.508 e. The second-order valence-corrected chi connectivity index (χ2v) is 22.6. The molecule has 2 heterocycles. The molecule has 0 radical (unpaired) electrons. The summed E-state index contributed by atoms with van der Waals surface area (Å²) < 4.78 is 96.4. The third kappa shape index (κ3) is 14.6. The minimum atomic E-state index is -2.66. The number of benzene rings is 8. The lowest BCUT2D eigenvalue weighted by molar-refractivity contribution is 0.111. The standard InChI is InChI=1S/C23H20F2O3.C21H16Br2O3.C9H9BrF2O2.C9H9BrO3/c1-26-16-10-8-15(9-11-16)21-20(14-6-4-3-5-7-14)18-12-17(27-2)13-19(23(24)25)22(18)28-21;22-21(23)17-11-15(25)10-16-18(12-4-2-1-3-5-12)19(26-20(16)17)13-6-8-14(24)9-7-13;1-13-5-3-6(9(11)12)8(14-2)7(10)4-5;1-12-7-3-6(5-11)9(13-2)8(10)4-7/h3-13,20-21,23H,1-2H3;1-11,18-19,21,24-25H;3-4,9H,1-2H3;3-5H,1-2H3. The van der Waals surface area contributed by atoms with Gasteiger partial charge in [-0.2, -0.15) is 0 Å². The third-order valence-corrected chi connectivity index (χ3v) is 15.2. The Morgan fingerprint density at radius 3 is 1.35 bits per heavy atom. The Balaban J connectivity index is 0.000000164. The van der Waals surface area contributed by atoms with Crippen molar-refractivity contribution in [1.82, 2.24) is 0 Å². The van der Waals surface area contributed by atoms with Crippen molar-refractivity contribution in [3.63, 3.8) is 0 Å². The zero-order valence-electron chi connectivity index (χ0n) is 44.2. The summed E-state index contributed by atoms with van der Waals surface area (Å²) in [6, 6.07) is 47.3. The van der Waals surface area contributed by atoms with Crippen LogP contribution in [0.3, 0.4) is 0 Å². The molecular weight excluding hydrogens is 1320 g/mol. The van der Waals surface area contributed by atoms with Gasteiger partial charge in [0.1, 0.15) is 69.7 Å². The lowest BCUT2D eigenvalue weighted by Gasteiger charge is -2.20. The van der Waals surface area contributed by atoms with Gasteiger partial charge in [0.2, 0.25) is 0 Å². The van der Waals surface area contributed by atoms with Crippen molar-refractivity contribution in [2.45, 2.75) is 40.6 Å². The van der Waals surface area contributed by atoms with E-state index in [1.165, 1.54) is 40.6 Å². The van der Waals surface area contributed by atoms with Crippen LogP contribution in [0, 0.1) is 0 Å². The maximum atomic E-state index is 13.7. The van der Waals surface area contributed by atoms with E-state index in [-0.39, 0.29) is 55.8 Å². The molecule has 2 aliphatic rings. The summed E-state index contributed by atoms with van der Waals surface area (Å²) in [4.78, 5) is 10.7. The lowest BCUT2D eigenvalue weighted by atomic mass is 9.84. The molecule has 8 aromatic carbocycles. The molecule has 0 aromatic heterocycles. The molecule has 4 atom stereocenters. The molecule has 0 amide bonds. The quantitative estimate of drug-likeness (QED) is 0.0613. The summed E-state index contributed by atoms with van der Waals surface area (Å²) in [6.45, 7) is 0. The van der Waals surface area contributed by atoms with E-state index in [1.807, 2.05) is 84.9 Å². The zero-order valence-corrected chi connectivity index (χ0v) is 50.6. The number of aromatic hydroxyl groups is 2. The fourth-order valence-electron chi connectivity index (χ4n) is 9.30. The molecule has 10 rings (SSSR count). The molecule has 0 saturated heterocycles. The fourth-order valence-corrected chi connectivity index (χ4v) is 11.2. The average molecular weight is 1370 g/mol. The Hall–Kier alpha value is -6.93. The highest BCUT2D eigenvalue weighted by Gasteiger charge is 2.41. The van der Waals surface area contributed by atoms with Gasteiger partial charge in [0, 0.05) is 16.7 Å². The van der Waals surface area contributed by atoms with E-state index in [1.54, 1.807) is 62.8 Å². The number of alkyl halides is 6. The maximum absolute atomic E-state index is 13.7. The van der Waals surface area contributed by atoms with E-state index in [4.69, 9.17) is 37.9 Å². The number of rotatable bonds is 14. The number of phenols is 2. The first-order valence-corrected chi connectivity index (χ1v) is 28.0. The number of carbonyl (C=O) groups is 1. The first-order valence-electron chi connectivity index (χ1n) is 24.6. The van der Waals surface area contributed by atoms with Crippen molar-refractivity contribution in [2.24, 2.45) is 0 Å². The van der Waals surface area contributed by atoms with Gasteiger partial charge in [0.15, 0.2) is 6.29 Å². The van der Waals surface area contributed by atoms with Crippen LogP contribution in [0.4, 0.5) is 17.6 Å². The number of fused-ring (bicyclic) bond motifs is 2. The molecule has 19 heteroatoms. The van der Waals surface area contributed by atoms with Gasteiger partial charge in [0.25, 0.3) is 12.9 Å². The van der Waals surface area contributed by atoms with E-state index >= 15 is 0 Å². The number of hydrogen-bond acceptors (Lipinski definition) is 11. The molecule has 8 aromatic rings. The number of carbonyl (C=O) groups excluding carboxylic acids is 1. The van der Waals surface area contributed by atoms with Crippen LogP contribution in [0.25, 0.3) is 0 Å². The Bertz CT molecular complexity index is 3380. The molecule has 0 bridgehead atoms. The van der Waals surface area contributed by atoms with E-state index in [9.17, 15) is 32.6 Å². The number of ether oxygens (including phenoxy) is 8. The van der Waals surface area contributed by atoms with Crippen LogP contribution in [0.5, 0.6) is 57.5 Å². The Morgan fingerprint density at radius 1 is 0.457 bits per heavy atom. The smallest absolute Gasteiger partial charge is 0.267 e. The molecule has 0 fully saturated rings. The summed E-state index contributed by atoms with van der Waals surface area (Å²) in [5, 5.41) is 19.9. The Kier molecular flexibility index (Phi) is 21.8. The monoisotopic (exact) mass is 1370 g/mol. The summed E-state index contributed by atoms with van der Waals surface area (Å²) >= 11 is 13.5. The lowest BCUT2D eigenvalue weighted by Crippen LogP contribution is -2.11. The highest BCUT2D eigenvalue weighted by Crippen LogP contribution is 2.56. The predicted octanol–water partition coefficient (Wildman–Crippen LogP) is 17.7. The van der Waals surface area contributed by atoms with Crippen LogP contribution in [0.15, 0.2) is 167 Å². The molecular formula is C62H54Br4F4O11. The number of aldehydes is 1. The SMILES string of the molecule is COc1cc(Br)c(OC)c(C(F)F)c1.COc1cc(Br)c(OC)c(C=O)c1.COc1ccc(C2Oc3c(C(F)F)cc(OC)cc3C2c2ccccc2)cc1.Oc1ccc(C2Oc3c(C(Br)Br)cc(O)cc3C2c2ccccc2)cc1. The van der Waals surface area contributed by atoms with Crippen molar-refractivity contribution in [1.29, 1.82) is 0 Å². The van der Waals surface area contributed by atoms with Crippen molar-refractivity contribution in [3.05, 3.63) is 222 Å². The Labute approximate surface area is 500 Å². The molecule has 0 spiro atoms. The van der Waals surface area contributed by atoms with Crippen molar-refractivity contribution in [3.8, 4) is 57.5 Å². The molecule has 81 heavy (non-hydrogen) atoms. The van der Waals surface area contributed by atoms with Gasteiger partial charge in [-0.25, -0.2) is 17.6 Å². The molecule has 0 saturated carbocycles. The van der Waals surface area contributed by atoms with Gasteiger partial charge in [0.05, 0.1) is 83.9 Å². The van der Waals surface area contributed by atoms with Crippen LogP contribution < -0.4 is 37.9 Å². The minimum absolute atomic E-state index is 0.0552. The first kappa shape index (κ1) is 61.7. The molecule has 2 N–H and O–H groups in total. The van der Waals surface area contributed by atoms with Crippen LogP contribution in [0.1, 0.15) is 101 Å². The average Bonchev–Trinajstić information content (AvgIpc) is 4.17. The molecule has 2 aliphatic heterocycles. The zero-order chi connectivity index (χ0) is 58.5. The van der Waals surface area contributed by atoms with Crippen LogP contribution in [-0.2, 0) is 0 Å². The van der Waals surface area contributed by atoms with Gasteiger partial charge >= 0.3 is 0 Å². The topological polar surface area (TPSA) is 131 Å². The number of phenolic OH excluding ortho intramolecular Hbond substituents is 2. The molecule has 11 nitrogen and oxygen atoms in total. The van der Waals surface area contributed by atoms with Gasteiger partial charge < -0.3 is 48.1 Å². The van der Waals surface area contributed by atoms with Crippen molar-refractivity contribution in [2.75, 3.05) is 42.7 Å².